The summed E-state index contributed by atoms with van der Waals surface area (Å²) in [5.41, 5.74) is -3.40. The van der Waals surface area contributed by atoms with E-state index in [9.17, 15) is 32.8 Å². The van der Waals surface area contributed by atoms with Crippen molar-refractivity contribution in [2.75, 3.05) is 26.2 Å². The van der Waals surface area contributed by atoms with Crippen LogP contribution >= 0.6 is 11.6 Å². The van der Waals surface area contributed by atoms with Crippen molar-refractivity contribution >= 4 is 17.3 Å². The van der Waals surface area contributed by atoms with Gasteiger partial charge in [-0.1, -0.05) is 17.7 Å². The second kappa shape index (κ2) is 10.2. The number of aliphatic hydroxyl groups is 1. The Hall–Kier alpha value is -2.31. The minimum Gasteiger partial charge on any atom is -0.385 e. The Bertz CT molecular complexity index is 1120. The van der Waals surface area contributed by atoms with Crippen LogP contribution in [-0.4, -0.2) is 41.2 Å². The molecule has 2 heterocycles. The van der Waals surface area contributed by atoms with Gasteiger partial charge in [0.25, 0.3) is 5.69 Å². The Kier molecular flexibility index (Phi) is 7.59. The van der Waals surface area contributed by atoms with E-state index >= 15 is 0 Å². The molecule has 2 aliphatic heterocycles. The predicted octanol–water partition coefficient (Wildman–Crippen LogP) is 5.72. The number of likely N-dealkylation sites (tertiary alicyclic amines) is 1. The fourth-order valence-corrected chi connectivity index (χ4v) is 5.20. The van der Waals surface area contributed by atoms with Gasteiger partial charge in [0.05, 0.1) is 39.3 Å². The normalized spacial score (nSPS) is 22.6. The quantitative estimate of drug-likeness (QED) is 0.213. The highest BCUT2D eigenvalue weighted by Crippen LogP contribution is 2.44. The van der Waals surface area contributed by atoms with E-state index in [1.54, 1.807) is 0 Å². The maximum Gasteiger partial charge on any atom is 0.417 e. The van der Waals surface area contributed by atoms with E-state index < -0.39 is 38.7 Å². The van der Waals surface area contributed by atoms with Crippen molar-refractivity contribution in [3.63, 3.8) is 0 Å². The van der Waals surface area contributed by atoms with Crippen molar-refractivity contribution in [1.82, 2.24) is 4.90 Å². The molecule has 36 heavy (non-hydrogen) atoms. The van der Waals surface area contributed by atoms with E-state index in [1.807, 2.05) is 0 Å². The zero-order valence-electron chi connectivity index (χ0n) is 19.2. The fraction of sp³-hybridized carbons (Fsp3) is 0.500. The number of nitro benzene ring substituents is 1. The zero-order valence-corrected chi connectivity index (χ0v) is 19.9. The summed E-state index contributed by atoms with van der Waals surface area (Å²) in [6.07, 6.45) is -2.83. The minimum absolute atomic E-state index is 0.179. The van der Waals surface area contributed by atoms with Crippen molar-refractivity contribution in [2.24, 2.45) is 0 Å². The molecule has 1 unspecified atom stereocenters. The van der Waals surface area contributed by atoms with E-state index in [2.05, 4.69) is 4.90 Å². The summed E-state index contributed by atoms with van der Waals surface area (Å²) in [6, 6.07) is 6.86. The highest BCUT2D eigenvalue weighted by atomic mass is 35.5. The number of nitro groups is 1. The predicted molar refractivity (Wildman–Crippen MR) is 122 cm³/mol. The highest BCUT2D eigenvalue weighted by Gasteiger charge is 2.44. The minimum atomic E-state index is -4.62. The molecule has 12 heteroatoms. The lowest BCUT2D eigenvalue weighted by Gasteiger charge is -2.39. The third kappa shape index (κ3) is 5.50. The van der Waals surface area contributed by atoms with E-state index in [0.717, 1.165) is 24.3 Å². The first-order valence-electron chi connectivity index (χ1n) is 11.5. The number of alkyl halides is 3. The summed E-state index contributed by atoms with van der Waals surface area (Å²) < 4.78 is 53.4. The molecule has 0 aliphatic carbocycles. The third-order valence-electron chi connectivity index (χ3n) is 7.00. The van der Waals surface area contributed by atoms with Gasteiger partial charge < -0.3 is 10.0 Å². The molecule has 2 saturated heterocycles. The maximum atomic E-state index is 13.6. The average Bonchev–Trinajstić information content (AvgIpc) is 3.29. The van der Waals surface area contributed by atoms with Crippen LogP contribution in [0.4, 0.5) is 23.2 Å². The Morgan fingerprint density at radius 1 is 1.14 bits per heavy atom. The molecular formula is C24H25ClF4N2O5. The van der Waals surface area contributed by atoms with Crippen LogP contribution in [-0.2, 0) is 27.2 Å². The third-order valence-corrected chi connectivity index (χ3v) is 7.33. The summed E-state index contributed by atoms with van der Waals surface area (Å²) in [5.74, 6) is -0.719. The van der Waals surface area contributed by atoms with Crippen molar-refractivity contribution in [3.8, 4) is 0 Å². The second-order valence-corrected chi connectivity index (χ2v) is 9.64. The standard InChI is InChI=1S/C24H25ClF4N2O5/c25-20-5-2-16(14-19(20)24(27,28)29)22(32)7-11-30(12-8-22)10-1-6-23(9-13-35-36-23)18-4-3-17(26)15-21(18)31(33)34/h2-5,14-15,32H,1,6-13H2. The number of hydrogen-bond donors (Lipinski definition) is 1. The van der Waals surface area contributed by atoms with Crippen molar-refractivity contribution in [2.45, 2.75) is 49.5 Å². The first-order valence-corrected chi connectivity index (χ1v) is 11.9. The SMILES string of the molecule is O=[N+]([O-])c1cc(F)ccc1C1(CCCN2CCC(O)(c3ccc(Cl)c(C(F)(F)F)c3)CC2)CCOO1. The molecule has 2 aromatic rings. The van der Waals surface area contributed by atoms with Gasteiger partial charge in [-0.15, -0.1) is 0 Å². The molecule has 2 fully saturated rings. The van der Waals surface area contributed by atoms with Crippen LogP contribution in [0.3, 0.4) is 0 Å². The average molecular weight is 533 g/mol. The van der Waals surface area contributed by atoms with Crippen molar-refractivity contribution < 1.29 is 37.4 Å². The first-order chi connectivity index (χ1) is 16.9. The lowest BCUT2D eigenvalue weighted by atomic mass is 9.83. The molecule has 1 N–H and O–H groups in total. The molecule has 0 spiro atoms. The van der Waals surface area contributed by atoms with E-state index in [-0.39, 0.29) is 36.3 Å². The van der Waals surface area contributed by atoms with Gasteiger partial charge in [-0.05, 0) is 62.1 Å². The molecule has 2 aromatic carbocycles. The summed E-state index contributed by atoms with van der Waals surface area (Å²) in [7, 11) is 0. The second-order valence-electron chi connectivity index (χ2n) is 9.24. The molecular weight excluding hydrogens is 508 g/mol. The van der Waals surface area contributed by atoms with Gasteiger partial charge in [0, 0.05) is 19.5 Å². The van der Waals surface area contributed by atoms with Crippen LogP contribution in [0.5, 0.6) is 0 Å². The van der Waals surface area contributed by atoms with Gasteiger partial charge in [0.2, 0.25) is 0 Å². The number of rotatable bonds is 7. The molecule has 1 atom stereocenters. The highest BCUT2D eigenvalue weighted by molar-refractivity contribution is 6.31. The molecule has 0 bridgehead atoms. The Balaban J connectivity index is 1.39. The molecule has 4 rings (SSSR count). The summed E-state index contributed by atoms with van der Waals surface area (Å²) in [4.78, 5) is 23.5. The molecule has 196 valence electrons. The van der Waals surface area contributed by atoms with Gasteiger partial charge in [0.15, 0.2) is 0 Å². The summed E-state index contributed by atoms with van der Waals surface area (Å²) in [5, 5.41) is 22.2. The smallest absolute Gasteiger partial charge is 0.385 e. The maximum absolute atomic E-state index is 13.6. The molecule has 0 radical (unpaired) electrons. The number of benzene rings is 2. The molecule has 7 nitrogen and oxygen atoms in total. The molecule has 0 saturated carbocycles. The number of piperidine rings is 1. The van der Waals surface area contributed by atoms with Crippen molar-refractivity contribution in [1.29, 1.82) is 0 Å². The van der Waals surface area contributed by atoms with Crippen LogP contribution < -0.4 is 0 Å². The van der Waals surface area contributed by atoms with Gasteiger partial charge >= 0.3 is 6.18 Å². The van der Waals surface area contributed by atoms with E-state index in [1.165, 1.54) is 12.1 Å². The van der Waals surface area contributed by atoms with Gasteiger partial charge in [-0.3, -0.25) is 10.1 Å². The molecule has 0 amide bonds. The van der Waals surface area contributed by atoms with Crippen LogP contribution in [0.15, 0.2) is 36.4 Å². The number of hydrogen-bond acceptors (Lipinski definition) is 6. The largest absolute Gasteiger partial charge is 0.417 e. The van der Waals surface area contributed by atoms with E-state index in [4.69, 9.17) is 21.4 Å². The zero-order chi connectivity index (χ0) is 26.1. The number of halogens is 5. The van der Waals surface area contributed by atoms with Gasteiger partial charge in [0.1, 0.15) is 11.4 Å². The Labute approximate surface area is 209 Å². The van der Waals surface area contributed by atoms with Crippen LogP contribution in [0, 0.1) is 15.9 Å². The van der Waals surface area contributed by atoms with Crippen molar-refractivity contribution in [3.05, 3.63) is 74.0 Å². The summed E-state index contributed by atoms with van der Waals surface area (Å²) in [6.45, 7) is 1.71. The number of nitrogens with zero attached hydrogens (tertiary/aromatic N) is 2. The Morgan fingerprint density at radius 2 is 1.86 bits per heavy atom. The van der Waals surface area contributed by atoms with E-state index in [0.29, 0.717) is 38.9 Å². The van der Waals surface area contributed by atoms with Gasteiger partial charge in [-0.2, -0.15) is 13.2 Å². The Morgan fingerprint density at radius 3 is 2.47 bits per heavy atom. The lowest BCUT2D eigenvalue weighted by molar-refractivity contribution is -0.389. The first kappa shape index (κ1) is 26.7. The topological polar surface area (TPSA) is 85.1 Å². The summed E-state index contributed by atoms with van der Waals surface area (Å²) >= 11 is 5.70. The van der Waals surface area contributed by atoms with Crippen LogP contribution in [0.1, 0.15) is 48.8 Å². The fourth-order valence-electron chi connectivity index (χ4n) is 4.98. The molecule has 2 aliphatic rings. The molecule has 0 aromatic heterocycles. The lowest BCUT2D eigenvalue weighted by Crippen LogP contribution is -2.43. The van der Waals surface area contributed by atoms with Gasteiger partial charge in [-0.25, -0.2) is 14.2 Å². The van der Waals surface area contributed by atoms with Crippen LogP contribution in [0.2, 0.25) is 5.02 Å². The monoisotopic (exact) mass is 532 g/mol. The van der Waals surface area contributed by atoms with Crippen LogP contribution in [0.25, 0.3) is 0 Å².